The van der Waals surface area contributed by atoms with Crippen LogP contribution < -0.4 is 10.6 Å². The maximum absolute atomic E-state index is 12.5. The average molecular weight is 477 g/mol. The smallest absolute Gasteiger partial charge is 0.407 e. The molecule has 3 aromatic rings. The highest BCUT2D eigenvalue weighted by molar-refractivity contribution is 5.85. The van der Waals surface area contributed by atoms with Gasteiger partial charge in [-0.1, -0.05) is 55.5 Å². The van der Waals surface area contributed by atoms with E-state index in [9.17, 15) is 14.4 Å². The van der Waals surface area contributed by atoms with Crippen LogP contribution in [0.25, 0.3) is 11.1 Å². The van der Waals surface area contributed by atoms with Gasteiger partial charge in [0.1, 0.15) is 12.3 Å². The van der Waals surface area contributed by atoms with Gasteiger partial charge in [-0.05, 0) is 34.7 Å². The molecule has 0 spiro atoms. The summed E-state index contributed by atoms with van der Waals surface area (Å²) in [7, 11) is 1.53. The van der Waals surface area contributed by atoms with Crippen molar-refractivity contribution in [1.82, 2.24) is 20.4 Å². The number of nitrogens with zero attached hydrogens (tertiary/aromatic N) is 2. The van der Waals surface area contributed by atoms with Gasteiger partial charge in [0, 0.05) is 25.4 Å². The van der Waals surface area contributed by atoms with Crippen LogP contribution in [0.5, 0.6) is 0 Å². The topological polar surface area (TPSA) is 123 Å². The summed E-state index contributed by atoms with van der Waals surface area (Å²) in [6.45, 7) is 2.18. The van der Waals surface area contributed by atoms with Gasteiger partial charge >= 0.3 is 12.1 Å². The normalized spacial score (nSPS) is 13.0. The van der Waals surface area contributed by atoms with Crippen LogP contribution in [0.4, 0.5) is 4.79 Å². The molecule has 1 aromatic heterocycles. The summed E-state index contributed by atoms with van der Waals surface area (Å²) < 4.78 is 6.82. The largest absolute Gasteiger partial charge is 0.477 e. The zero-order valence-corrected chi connectivity index (χ0v) is 19.7. The Hall–Kier alpha value is -4.14. The molecule has 1 aliphatic carbocycles. The lowest BCUT2D eigenvalue weighted by Crippen LogP contribution is -2.39. The number of benzene rings is 2. The number of amides is 2. The van der Waals surface area contributed by atoms with Gasteiger partial charge in [0.05, 0.1) is 12.2 Å². The van der Waals surface area contributed by atoms with Gasteiger partial charge in [-0.2, -0.15) is 5.10 Å². The molecule has 9 nitrogen and oxygen atoms in total. The number of aryl methyl sites for hydroxylation is 1. The number of aromatic nitrogens is 2. The van der Waals surface area contributed by atoms with Gasteiger partial charge < -0.3 is 20.5 Å². The predicted octanol–water partition coefficient (Wildman–Crippen LogP) is 3.44. The molecule has 1 aliphatic rings. The Labute approximate surface area is 203 Å². The van der Waals surface area contributed by atoms with E-state index < -0.39 is 18.1 Å². The maximum atomic E-state index is 12.5. The van der Waals surface area contributed by atoms with E-state index in [2.05, 4.69) is 40.0 Å². The summed E-state index contributed by atoms with van der Waals surface area (Å²) in [6.07, 6.45) is 0.0475. The van der Waals surface area contributed by atoms with Crippen LogP contribution >= 0.6 is 0 Å². The monoisotopic (exact) mass is 476 g/mol. The fourth-order valence-corrected chi connectivity index (χ4v) is 4.40. The van der Waals surface area contributed by atoms with Crippen molar-refractivity contribution in [2.45, 2.75) is 38.3 Å². The van der Waals surface area contributed by atoms with Crippen LogP contribution in [-0.4, -0.2) is 45.5 Å². The van der Waals surface area contributed by atoms with Crippen molar-refractivity contribution in [2.75, 3.05) is 6.61 Å². The zero-order chi connectivity index (χ0) is 24.9. The summed E-state index contributed by atoms with van der Waals surface area (Å²) in [4.78, 5) is 36.0. The van der Waals surface area contributed by atoms with E-state index in [-0.39, 0.29) is 37.1 Å². The Morgan fingerprint density at radius 3 is 2.29 bits per heavy atom. The number of hydrogen-bond donors (Lipinski definition) is 3. The zero-order valence-electron chi connectivity index (χ0n) is 19.7. The molecular weight excluding hydrogens is 448 g/mol. The highest BCUT2D eigenvalue weighted by Gasteiger charge is 2.29. The fraction of sp³-hybridized carbons (Fsp3) is 0.308. The molecular formula is C26H28N4O5. The van der Waals surface area contributed by atoms with Crippen LogP contribution in [0.15, 0.2) is 54.6 Å². The lowest BCUT2D eigenvalue weighted by molar-refractivity contribution is -0.121. The maximum Gasteiger partial charge on any atom is 0.407 e. The summed E-state index contributed by atoms with van der Waals surface area (Å²) >= 11 is 0. The first-order valence-corrected chi connectivity index (χ1v) is 11.5. The second kappa shape index (κ2) is 10.4. The van der Waals surface area contributed by atoms with Crippen molar-refractivity contribution in [1.29, 1.82) is 0 Å². The number of alkyl carbamates (subject to hydrolysis) is 1. The Balaban J connectivity index is 1.28. The minimum Gasteiger partial charge on any atom is -0.477 e. The number of carboxylic acids is 1. The molecule has 2 aromatic carbocycles. The molecule has 0 fully saturated rings. The van der Waals surface area contributed by atoms with Crippen molar-refractivity contribution in [3.05, 3.63) is 77.1 Å². The first-order chi connectivity index (χ1) is 16.9. The minimum atomic E-state index is -1.09. The Morgan fingerprint density at radius 2 is 1.71 bits per heavy atom. The quantitative estimate of drug-likeness (QED) is 0.435. The van der Waals surface area contributed by atoms with E-state index in [0.717, 1.165) is 22.3 Å². The molecule has 0 saturated heterocycles. The molecule has 35 heavy (non-hydrogen) atoms. The highest BCUT2D eigenvalue weighted by Crippen LogP contribution is 2.44. The first kappa shape index (κ1) is 24.0. The SMILES string of the molecule is CC[C@@H](CC(=O)NCc1cc(C(=O)O)n(C)n1)NC(=O)OCC1c2ccccc2-c2ccccc21. The number of hydrogen-bond acceptors (Lipinski definition) is 5. The molecule has 9 heteroatoms. The van der Waals surface area contributed by atoms with Gasteiger partial charge in [0.15, 0.2) is 0 Å². The van der Waals surface area contributed by atoms with Crippen molar-refractivity contribution < 1.29 is 24.2 Å². The number of ether oxygens (including phenoxy) is 1. The van der Waals surface area contributed by atoms with Crippen molar-refractivity contribution in [2.24, 2.45) is 7.05 Å². The number of carbonyl (C=O) groups excluding carboxylic acids is 2. The number of aromatic carboxylic acids is 1. The van der Waals surface area contributed by atoms with Crippen molar-refractivity contribution in [3.8, 4) is 11.1 Å². The van der Waals surface area contributed by atoms with E-state index in [1.54, 1.807) is 0 Å². The van der Waals surface area contributed by atoms with Gasteiger partial charge in [-0.3, -0.25) is 9.48 Å². The number of rotatable bonds is 9. The van der Waals surface area contributed by atoms with E-state index in [0.29, 0.717) is 12.1 Å². The van der Waals surface area contributed by atoms with Crippen molar-refractivity contribution >= 4 is 18.0 Å². The van der Waals surface area contributed by atoms with Crippen LogP contribution in [-0.2, 0) is 23.1 Å². The molecule has 182 valence electrons. The molecule has 3 N–H and O–H groups in total. The minimum absolute atomic E-state index is 0.0365. The summed E-state index contributed by atoms with van der Waals surface area (Å²) in [5, 5.41) is 18.7. The molecule has 0 unspecified atom stereocenters. The molecule has 1 heterocycles. The van der Waals surface area contributed by atoms with Crippen LogP contribution in [0, 0.1) is 0 Å². The second-order valence-corrected chi connectivity index (χ2v) is 8.51. The van der Waals surface area contributed by atoms with Crippen molar-refractivity contribution in [3.63, 3.8) is 0 Å². The molecule has 0 aliphatic heterocycles. The summed E-state index contributed by atoms with van der Waals surface area (Å²) in [5.74, 6) is -1.40. The lowest BCUT2D eigenvalue weighted by Gasteiger charge is -2.18. The van der Waals surface area contributed by atoms with Crippen LogP contribution in [0.3, 0.4) is 0 Å². The third kappa shape index (κ3) is 5.34. The van der Waals surface area contributed by atoms with Crippen LogP contribution in [0.2, 0.25) is 0 Å². The molecule has 4 rings (SSSR count). The number of fused-ring (bicyclic) bond motifs is 3. The molecule has 0 saturated carbocycles. The number of nitrogens with one attached hydrogen (secondary N) is 2. The second-order valence-electron chi connectivity index (χ2n) is 8.51. The van der Waals surface area contributed by atoms with E-state index in [1.165, 1.54) is 17.8 Å². The molecule has 0 bridgehead atoms. The lowest BCUT2D eigenvalue weighted by atomic mass is 9.98. The fourth-order valence-electron chi connectivity index (χ4n) is 4.40. The van der Waals surface area contributed by atoms with Gasteiger partial charge in [-0.15, -0.1) is 0 Å². The number of carboxylic acid groups (broad SMARTS) is 1. The van der Waals surface area contributed by atoms with Gasteiger partial charge in [0.2, 0.25) is 5.91 Å². The standard InChI is InChI=1S/C26H28N4O5/c1-3-16(13-24(31)27-14-17-12-23(25(32)33)30(2)29-17)28-26(34)35-15-22-20-10-6-4-8-18(20)19-9-5-7-11-21(19)22/h4-12,16,22H,3,13-15H2,1-2H3,(H,27,31)(H,28,34)(H,32,33)/t16-/m0/s1. The molecule has 1 atom stereocenters. The Kier molecular flexibility index (Phi) is 7.14. The average Bonchev–Trinajstić information content (AvgIpc) is 3.38. The van der Waals surface area contributed by atoms with E-state index >= 15 is 0 Å². The summed E-state index contributed by atoms with van der Waals surface area (Å²) in [6, 6.07) is 17.2. The molecule has 0 radical (unpaired) electrons. The Morgan fingerprint density at radius 1 is 1.09 bits per heavy atom. The van der Waals surface area contributed by atoms with Crippen LogP contribution in [0.1, 0.15) is 53.0 Å². The van der Waals surface area contributed by atoms with Gasteiger partial charge in [0.25, 0.3) is 0 Å². The third-order valence-electron chi connectivity index (χ3n) is 6.21. The van der Waals surface area contributed by atoms with Gasteiger partial charge in [-0.25, -0.2) is 9.59 Å². The summed E-state index contributed by atoms with van der Waals surface area (Å²) in [5.41, 5.74) is 5.06. The predicted molar refractivity (Wildman–Crippen MR) is 129 cm³/mol. The highest BCUT2D eigenvalue weighted by atomic mass is 16.5. The van der Waals surface area contributed by atoms with E-state index in [4.69, 9.17) is 9.84 Å². The van der Waals surface area contributed by atoms with E-state index in [1.807, 2.05) is 31.2 Å². The number of carbonyl (C=O) groups is 3. The first-order valence-electron chi connectivity index (χ1n) is 11.5. The Bertz CT molecular complexity index is 1210. The molecule has 2 amide bonds. The third-order valence-corrected chi connectivity index (χ3v) is 6.21.